The highest BCUT2D eigenvalue weighted by molar-refractivity contribution is 7.91. The Kier molecular flexibility index (Phi) is 6.94. The number of carbonyl (C=O) groups is 1. The van der Waals surface area contributed by atoms with Crippen molar-refractivity contribution in [1.29, 1.82) is 0 Å². The summed E-state index contributed by atoms with van der Waals surface area (Å²) >= 11 is 0. The second kappa shape index (κ2) is 7.79. The summed E-state index contributed by atoms with van der Waals surface area (Å²) in [6, 6.07) is 0.0180. The van der Waals surface area contributed by atoms with E-state index in [4.69, 9.17) is 5.73 Å². The lowest BCUT2D eigenvalue weighted by Gasteiger charge is -2.36. The van der Waals surface area contributed by atoms with Crippen LogP contribution in [0.4, 0.5) is 0 Å². The molecule has 1 heterocycles. The fourth-order valence-corrected chi connectivity index (χ4v) is 4.90. The maximum atomic E-state index is 12.2. The van der Waals surface area contributed by atoms with E-state index in [1.165, 1.54) is 6.42 Å². The van der Waals surface area contributed by atoms with Crippen LogP contribution in [0.2, 0.25) is 0 Å². The van der Waals surface area contributed by atoms with Crippen LogP contribution < -0.4 is 11.1 Å². The van der Waals surface area contributed by atoms with Crippen molar-refractivity contribution in [3.63, 3.8) is 0 Å². The molecule has 5 nitrogen and oxygen atoms in total. The highest BCUT2D eigenvalue weighted by Gasteiger charge is 2.34. The Morgan fingerprint density at radius 1 is 1.14 bits per heavy atom. The standard InChI is InChI=1S/C14H26N2O3S.ClH/c15-11-14(6-2-1-3-7-14)10-13(17)16-12-4-8-20(18,19)9-5-12;/h12H,1-11,15H2,(H,16,17);1H. The molecular formula is C14H27ClN2O3S. The first-order valence-electron chi connectivity index (χ1n) is 7.65. The van der Waals surface area contributed by atoms with Crippen LogP contribution in [0.15, 0.2) is 0 Å². The van der Waals surface area contributed by atoms with Crippen LogP contribution in [0.25, 0.3) is 0 Å². The minimum absolute atomic E-state index is 0. The highest BCUT2D eigenvalue weighted by Crippen LogP contribution is 2.38. The highest BCUT2D eigenvalue weighted by atomic mass is 35.5. The zero-order chi connectivity index (χ0) is 14.6. The van der Waals surface area contributed by atoms with Crippen LogP contribution in [0.3, 0.4) is 0 Å². The summed E-state index contributed by atoms with van der Waals surface area (Å²) in [6.07, 6.45) is 7.22. The molecule has 2 aliphatic rings. The number of nitrogens with one attached hydrogen (secondary N) is 1. The van der Waals surface area contributed by atoms with Gasteiger partial charge in [-0.05, 0) is 37.6 Å². The van der Waals surface area contributed by atoms with Gasteiger partial charge < -0.3 is 11.1 Å². The summed E-state index contributed by atoms with van der Waals surface area (Å²) in [6.45, 7) is 0.569. The molecule has 1 aliphatic heterocycles. The Balaban J connectivity index is 0.00000220. The summed E-state index contributed by atoms with van der Waals surface area (Å²) in [5.41, 5.74) is 5.87. The van der Waals surface area contributed by atoms with Crippen LogP contribution in [0, 0.1) is 5.41 Å². The van der Waals surface area contributed by atoms with Gasteiger partial charge in [-0.15, -0.1) is 12.4 Å². The van der Waals surface area contributed by atoms with Gasteiger partial charge in [0.2, 0.25) is 5.91 Å². The molecule has 0 spiro atoms. The smallest absolute Gasteiger partial charge is 0.220 e. The topological polar surface area (TPSA) is 89.3 Å². The number of nitrogens with two attached hydrogens (primary N) is 1. The molecule has 0 bridgehead atoms. The van der Waals surface area contributed by atoms with Crippen molar-refractivity contribution in [2.75, 3.05) is 18.1 Å². The Morgan fingerprint density at radius 2 is 1.71 bits per heavy atom. The van der Waals surface area contributed by atoms with Crippen LogP contribution in [0.5, 0.6) is 0 Å². The van der Waals surface area contributed by atoms with E-state index < -0.39 is 9.84 Å². The van der Waals surface area contributed by atoms with Gasteiger partial charge in [-0.25, -0.2) is 8.42 Å². The van der Waals surface area contributed by atoms with Gasteiger partial charge in [0.05, 0.1) is 11.5 Å². The van der Waals surface area contributed by atoms with Gasteiger partial charge in [0.25, 0.3) is 0 Å². The predicted octanol–water partition coefficient (Wildman–Crippen LogP) is 1.40. The Labute approximate surface area is 133 Å². The molecule has 0 aromatic carbocycles. The molecule has 21 heavy (non-hydrogen) atoms. The molecule has 2 rings (SSSR count). The number of hydrogen-bond acceptors (Lipinski definition) is 4. The minimum Gasteiger partial charge on any atom is -0.353 e. The zero-order valence-corrected chi connectivity index (χ0v) is 14.1. The third-order valence-electron chi connectivity index (χ3n) is 4.80. The molecule has 7 heteroatoms. The average molecular weight is 339 g/mol. The van der Waals surface area contributed by atoms with Crippen molar-refractivity contribution in [1.82, 2.24) is 5.32 Å². The van der Waals surface area contributed by atoms with Crippen LogP contribution in [-0.2, 0) is 14.6 Å². The SMILES string of the molecule is Cl.NCC1(CC(=O)NC2CCS(=O)(=O)CC2)CCCCC1. The van der Waals surface area contributed by atoms with E-state index in [-0.39, 0.29) is 41.3 Å². The molecule has 1 amide bonds. The third-order valence-corrected chi connectivity index (χ3v) is 6.52. The third kappa shape index (κ3) is 5.42. The normalized spacial score (nSPS) is 24.8. The van der Waals surface area contributed by atoms with Gasteiger partial charge in [-0.1, -0.05) is 19.3 Å². The number of hydrogen-bond donors (Lipinski definition) is 2. The molecular weight excluding hydrogens is 312 g/mol. The number of sulfone groups is 1. The second-order valence-electron chi connectivity index (χ2n) is 6.44. The molecule has 124 valence electrons. The fraction of sp³-hybridized carbons (Fsp3) is 0.929. The van der Waals surface area contributed by atoms with Crippen LogP contribution in [-0.4, -0.2) is 38.4 Å². The molecule has 0 aromatic rings. The molecule has 1 saturated carbocycles. The first-order valence-corrected chi connectivity index (χ1v) is 9.47. The lowest BCUT2D eigenvalue weighted by Crippen LogP contribution is -2.44. The molecule has 0 atom stereocenters. The van der Waals surface area contributed by atoms with Gasteiger partial charge in [0.15, 0.2) is 0 Å². The lowest BCUT2D eigenvalue weighted by molar-refractivity contribution is -0.124. The summed E-state index contributed by atoms with van der Waals surface area (Å²) in [5, 5.41) is 3.00. The number of halogens is 1. The van der Waals surface area contributed by atoms with E-state index >= 15 is 0 Å². The molecule has 1 saturated heterocycles. The van der Waals surface area contributed by atoms with E-state index in [1.807, 2.05) is 0 Å². The number of carbonyl (C=O) groups excluding carboxylic acids is 1. The minimum atomic E-state index is -2.87. The lowest BCUT2D eigenvalue weighted by atomic mass is 9.71. The zero-order valence-electron chi connectivity index (χ0n) is 12.5. The van der Waals surface area contributed by atoms with Gasteiger partial charge in [0, 0.05) is 12.5 Å². The van der Waals surface area contributed by atoms with Crippen molar-refractivity contribution in [2.45, 2.75) is 57.4 Å². The van der Waals surface area contributed by atoms with Gasteiger partial charge in [-0.2, -0.15) is 0 Å². The Hall–Kier alpha value is -0.330. The summed E-state index contributed by atoms with van der Waals surface area (Å²) in [7, 11) is -2.87. The van der Waals surface area contributed by atoms with Crippen LogP contribution >= 0.6 is 12.4 Å². The molecule has 3 N–H and O–H groups in total. The molecule has 2 fully saturated rings. The quantitative estimate of drug-likeness (QED) is 0.810. The van der Waals surface area contributed by atoms with E-state index in [1.54, 1.807) is 0 Å². The molecule has 1 aliphatic carbocycles. The van der Waals surface area contributed by atoms with E-state index in [0.717, 1.165) is 25.7 Å². The average Bonchev–Trinajstić information content (AvgIpc) is 2.42. The molecule has 0 radical (unpaired) electrons. The maximum Gasteiger partial charge on any atom is 0.220 e. The van der Waals surface area contributed by atoms with E-state index in [2.05, 4.69) is 5.32 Å². The predicted molar refractivity (Wildman–Crippen MR) is 86.3 cm³/mol. The monoisotopic (exact) mass is 338 g/mol. The first kappa shape index (κ1) is 18.7. The van der Waals surface area contributed by atoms with E-state index in [0.29, 0.717) is 25.8 Å². The largest absolute Gasteiger partial charge is 0.353 e. The van der Waals surface area contributed by atoms with Crippen LogP contribution in [0.1, 0.15) is 51.4 Å². The second-order valence-corrected chi connectivity index (χ2v) is 8.74. The van der Waals surface area contributed by atoms with Gasteiger partial charge in [0.1, 0.15) is 9.84 Å². The Morgan fingerprint density at radius 3 is 2.24 bits per heavy atom. The van der Waals surface area contributed by atoms with Gasteiger partial charge >= 0.3 is 0 Å². The molecule has 0 unspecified atom stereocenters. The van der Waals surface area contributed by atoms with E-state index in [9.17, 15) is 13.2 Å². The summed E-state index contributed by atoms with van der Waals surface area (Å²) in [4.78, 5) is 12.2. The van der Waals surface area contributed by atoms with Crippen molar-refractivity contribution in [3.05, 3.63) is 0 Å². The Bertz CT molecular complexity index is 433. The number of amides is 1. The number of rotatable bonds is 4. The van der Waals surface area contributed by atoms with Crippen molar-refractivity contribution < 1.29 is 13.2 Å². The maximum absolute atomic E-state index is 12.2. The van der Waals surface area contributed by atoms with Crippen molar-refractivity contribution in [2.24, 2.45) is 11.1 Å². The first-order chi connectivity index (χ1) is 9.45. The molecule has 0 aromatic heterocycles. The summed E-state index contributed by atoms with van der Waals surface area (Å²) < 4.78 is 22.7. The summed E-state index contributed by atoms with van der Waals surface area (Å²) in [5.74, 6) is 0.432. The van der Waals surface area contributed by atoms with Gasteiger partial charge in [-0.3, -0.25) is 4.79 Å². The van der Waals surface area contributed by atoms with Crippen molar-refractivity contribution >= 4 is 28.2 Å². The van der Waals surface area contributed by atoms with Crippen molar-refractivity contribution in [3.8, 4) is 0 Å². The fourth-order valence-electron chi connectivity index (χ4n) is 3.41.